The van der Waals surface area contributed by atoms with Gasteiger partial charge in [0.1, 0.15) is 18.2 Å². The Labute approximate surface area is 160 Å². The molecule has 2 heterocycles. The van der Waals surface area contributed by atoms with Gasteiger partial charge in [0.2, 0.25) is 5.91 Å². The van der Waals surface area contributed by atoms with Gasteiger partial charge in [-0.3, -0.25) is 9.59 Å². The number of benzene rings is 1. The minimum Gasteiger partial charge on any atom is -0.486 e. The van der Waals surface area contributed by atoms with Gasteiger partial charge in [0, 0.05) is 6.54 Å². The van der Waals surface area contributed by atoms with Crippen LogP contribution in [-0.4, -0.2) is 46.4 Å². The van der Waals surface area contributed by atoms with Crippen LogP contribution in [0.15, 0.2) is 35.3 Å². The van der Waals surface area contributed by atoms with Gasteiger partial charge >= 0.3 is 0 Å². The van der Waals surface area contributed by atoms with E-state index in [-0.39, 0.29) is 28.6 Å². The number of likely N-dealkylation sites (N-methyl/N-ethyl adjacent to an activating group) is 1. The highest BCUT2D eigenvalue weighted by atomic mass is 35.5. The molecule has 0 fully saturated rings. The Bertz CT molecular complexity index is 871. The maximum Gasteiger partial charge on any atom is 0.287 e. The fraction of sp³-hybridized carbons (Fsp3) is 0.353. The molecule has 0 radical (unpaired) electrons. The standard InChI is InChI=1S/C17H17Cl2N3O4/c1-2-21(8-11-10-25-13-5-3-4-6-14(13)26-11)15(23)9-22-17(24)16(19)12(18)7-20-22/h3-7,11H,2,8-10H2,1H3/t11-/m0/s1. The fourth-order valence-corrected chi connectivity index (χ4v) is 2.86. The van der Waals surface area contributed by atoms with Crippen molar-refractivity contribution in [3.63, 3.8) is 0 Å². The van der Waals surface area contributed by atoms with Crippen molar-refractivity contribution in [3.05, 3.63) is 50.9 Å². The summed E-state index contributed by atoms with van der Waals surface area (Å²) in [5, 5.41) is 3.76. The number of amides is 1. The summed E-state index contributed by atoms with van der Waals surface area (Å²) in [6.45, 7) is 2.75. The molecular formula is C17H17Cl2N3O4. The van der Waals surface area contributed by atoms with Gasteiger partial charge < -0.3 is 14.4 Å². The number of nitrogens with zero attached hydrogens (tertiary/aromatic N) is 3. The molecule has 1 aromatic heterocycles. The number of hydrogen-bond acceptors (Lipinski definition) is 5. The number of rotatable bonds is 5. The zero-order valence-corrected chi connectivity index (χ0v) is 15.5. The van der Waals surface area contributed by atoms with E-state index in [1.165, 1.54) is 6.20 Å². The minimum atomic E-state index is -0.602. The first kappa shape index (κ1) is 18.5. The van der Waals surface area contributed by atoms with E-state index in [2.05, 4.69) is 5.10 Å². The van der Waals surface area contributed by atoms with Gasteiger partial charge in [-0.15, -0.1) is 0 Å². The van der Waals surface area contributed by atoms with Crippen LogP contribution in [0.5, 0.6) is 11.5 Å². The van der Waals surface area contributed by atoms with E-state index in [1.807, 2.05) is 31.2 Å². The maximum atomic E-state index is 12.6. The third-order valence-corrected chi connectivity index (χ3v) is 4.70. The lowest BCUT2D eigenvalue weighted by Crippen LogP contribution is -2.45. The normalized spacial score (nSPS) is 15.6. The zero-order chi connectivity index (χ0) is 18.7. The van der Waals surface area contributed by atoms with E-state index in [4.69, 9.17) is 32.7 Å². The average Bonchev–Trinajstić information content (AvgIpc) is 2.66. The molecule has 0 saturated carbocycles. The Hall–Kier alpha value is -2.25. The van der Waals surface area contributed by atoms with Crippen LogP contribution < -0.4 is 15.0 Å². The molecule has 9 heteroatoms. The lowest BCUT2D eigenvalue weighted by molar-refractivity contribution is -0.133. The first-order valence-electron chi connectivity index (χ1n) is 8.07. The Kier molecular flexibility index (Phi) is 5.68. The summed E-state index contributed by atoms with van der Waals surface area (Å²) >= 11 is 11.6. The van der Waals surface area contributed by atoms with Crippen molar-refractivity contribution in [1.29, 1.82) is 0 Å². The third-order valence-electron chi connectivity index (χ3n) is 3.95. The van der Waals surface area contributed by atoms with Crippen LogP contribution in [0.25, 0.3) is 0 Å². The molecule has 1 aromatic carbocycles. The maximum absolute atomic E-state index is 12.6. The highest BCUT2D eigenvalue weighted by Gasteiger charge is 2.25. The van der Waals surface area contributed by atoms with Gasteiger partial charge in [0.25, 0.3) is 5.56 Å². The average molecular weight is 398 g/mol. The van der Waals surface area contributed by atoms with Crippen molar-refractivity contribution in [2.75, 3.05) is 19.7 Å². The summed E-state index contributed by atoms with van der Waals surface area (Å²) in [6.07, 6.45) is 0.941. The Morgan fingerprint density at radius 2 is 2.08 bits per heavy atom. The van der Waals surface area contributed by atoms with Gasteiger partial charge in [0.15, 0.2) is 17.6 Å². The molecule has 0 saturated heterocycles. The van der Waals surface area contributed by atoms with E-state index in [0.29, 0.717) is 31.2 Å². The molecule has 1 amide bonds. The minimum absolute atomic E-state index is 0.0548. The van der Waals surface area contributed by atoms with Crippen LogP contribution in [0, 0.1) is 0 Å². The van der Waals surface area contributed by atoms with Crippen molar-refractivity contribution < 1.29 is 14.3 Å². The predicted molar refractivity (Wildman–Crippen MR) is 97.1 cm³/mol. The van der Waals surface area contributed by atoms with Crippen molar-refractivity contribution in [2.45, 2.75) is 19.6 Å². The Balaban J connectivity index is 1.67. The number of carbonyl (C=O) groups excluding carboxylic acids is 1. The highest BCUT2D eigenvalue weighted by molar-refractivity contribution is 6.41. The van der Waals surface area contributed by atoms with Crippen LogP contribution >= 0.6 is 23.2 Å². The summed E-state index contributed by atoms with van der Waals surface area (Å²) < 4.78 is 12.5. The number of carbonyl (C=O) groups is 1. The highest BCUT2D eigenvalue weighted by Crippen LogP contribution is 2.31. The molecule has 2 aromatic rings. The van der Waals surface area contributed by atoms with Gasteiger partial charge in [-0.1, -0.05) is 35.3 Å². The molecule has 0 bridgehead atoms. The van der Waals surface area contributed by atoms with Crippen LogP contribution in [0.4, 0.5) is 0 Å². The van der Waals surface area contributed by atoms with E-state index in [0.717, 1.165) is 4.68 Å². The van der Waals surface area contributed by atoms with Crippen LogP contribution in [0.1, 0.15) is 6.92 Å². The second kappa shape index (κ2) is 7.97. The van der Waals surface area contributed by atoms with Crippen LogP contribution in [0.2, 0.25) is 10.0 Å². The van der Waals surface area contributed by atoms with Gasteiger partial charge in [-0.2, -0.15) is 5.10 Å². The molecule has 138 valence electrons. The summed E-state index contributed by atoms with van der Waals surface area (Å²) in [5.41, 5.74) is -0.602. The first-order chi connectivity index (χ1) is 12.5. The van der Waals surface area contributed by atoms with E-state index in [9.17, 15) is 9.59 Å². The van der Waals surface area contributed by atoms with E-state index in [1.54, 1.807) is 4.90 Å². The number of aromatic nitrogens is 2. The molecule has 0 spiro atoms. The Morgan fingerprint density at radius 3 is 2.81 bits per heavy atom. The molecule has 0 aliphatic carbocycles. The molecule has 1 aliphatic rings. The molecule has 7 nitrogen and oxygen atoms in total. The number of halogens is 2. The number of para-hydroxylation sites is 2. The van der Waals surface area contributed by atoms with Gasteiger partial charge in [0.05, 0.1) is 17.8 Å². The molecule has 0 N–H and O–H groups in total. The molecule has 1 atom stereocenters. The fourth-order valence-electron chi connectivity index (χ4n) is 2.59. The summed E-state index contributed by atoms with van der Waals surface area (Å²) in [6, 6.07) is 7.37. The smallest absolute Gasteiger partial charge is 0.287 e. The number of fused-ring (bicyclic) bond motifs is 1. The zero-order valence-electron chi connectivity index (χ0n) is 14.0. The quantitative estimate of drug-likeness (QED) is 0.773. The number of hydrogen-bond donors (Lipinski definition) is 0. The first-order valence-corrected chi connectivity index (χ1v) is 8.82. The van der Waals surface area contributed by atoms with Crippen molar-refractivity contribution in [2.24, 2.45) is 0 Å². The van der Waals surface area contributed by atoms with E-state index < -0.39 is 5.56 Å². The van der Waals surface area contributed by atoms with Gasteiger partial charge in [-0.05, 0) is 19.1 Å². The second-order valence-electron chi connectivity index (χ2n) is 5.70. The van der Waals surface area contributed by atoms with Crippen molar-refractivity contribution >= 4 is 29.1 Å². The molecule has 0 unspecified atom stereocenters. The molecular weight excluding hydrogens is 381 g/mol. The molecule has 1 aliphatic heterocycles. The van der Waals surface area contributed by atoms with E-state index >= 15 is 0 Å². The summed E-state index contributed by atoms with van der Waals surface area (Å²) in [5.74, 6) is 1.06. The molecule has 26 heavy (non-hydrogen) atoms. The van der Waals surface area contributed by atoms with Crippen molar-refractivity contribution in [1.82, 2.24) is 14.7 Å². The number of ether oxygens (including phenoxy) is 2. The lowest BCUT2D eigenvalue weighted by Gasteiger charge is -2.31. The van der Waals surface area contributed by atoms with Crippen molar-refractivity contribution in [3.8, 4) is 11.5 Å². The van der Waals surface area contributed by atoms with Crippen LogP contribution in [0.3, 0.4) is 0 Å². The monoisotopic (exact) mass is 397 g/mol. The topological polar surface area (TPSA) is 73.7 Å². The van der Waals surface area contributed by atoms with Crippen LogP contribution in [-0.2, 0) is 11.3 Å². The second-order valence-corrected chi connectivity index (χ2v) is 6.48. The lowest BCUT2D eigenvalue weighted by atomic mass is 10.2. The summed E-state index contributed by atoms with van der Waals surface area (Å²) in [4.78, 5) is 26.2. The summed E-state index contributed by atoms with van der Waals surface area (Å²) in [7, 11) is 0. The predicted octanol–water partition coefficient (Wildman–Crippen LogP) is 2.24. The van der Waals surface area contributed by atoms with Gasteiger partial charge in [-0.25, -0.2) is 4.68 Å². The Morgan fingerprint density at radius 1 is 1.35 bits per heavy atom. The molecule has 3 rings (SSSR count). The largest absolute Gasteiger partial charge is 0.486 e. The SMILES string of the molecule is CCN(C[C@H]1COc2ccccc2O1)C(=O)Cn1ncc(Cl)c(Cl)c1=O. The third kappa shape index (κ3) is 3.94.